The van der Waals surface area contributed by atoms with E-state index in [0.29, 0.717) is 6.54 Å². The standard InChI is InChI=1S/C16H26F2N2O/c1-16(2,12-20(9-10-21)11-14(17)18)15(19-3)13-7-5-4-6-8-13/h4-8,14-15,19,21H,9-12H2,1-3H3. The van der Waals surface area contributed by atoms with Crippen molar-refractivity contribution in [3.63, 3.8) is 0 Å². The lowest BCUT2D eigenvalue weighted by Gasteiger charge is -2.38. The van der Waals surface area contributed by atoms with Gasteiger partial charge in [0.05, 0.1) is 13.2 Å². The van der Waals surface area contributed by atoms with E-state index in [1.165, 1.54) is 0 Å². The smallest absolute Gasteiger partial charge is 0.251 e. The van der Waals surface area contributed by atoms with Crippen molar-refractivity contribution in [1.82, 2.24) is 10.2 Å². The highest BCUT2D eigenvalue weighted by molar-refractivity contribution is 5.21. The van der Waals surface area contributed by atoms with Crippen molar-refractivity contribution in [1.29, 1.82) is 0 Å². The van der Waals surface area contributed by atoms with Crippen molar-refractivity contribution in [2.24, 2.45) is 5.41 Å². The lowest BCUT2D eigenvalue weighted by atomic mass is 9.80. The lowest BCUT2D eigenvalue weighted by molar-refractivity contribution is 0.0493. The minimum Gasteiger partial charge on any atom is -0.395 e. The summed E-state index contributed by atoms with van der Waals surface area (Å²) in [6.07, 6.45) is -2.39. The molecular formula is C16H26F2N2O. The number of alkyl halides is 2. The number of aliphatic hydroxyl groups excluding tert-OH is 1. The van der Waals surface area contributed by atoms with E-state index in [1.54, 1.807) is 4.90 Å². The minimum absolute atomic E-state index is 0.0533. The molecule has 0 radical (unpaired) electrons. The monoisotopic (exact) mass is 300 g/mol. The largest absolute Gasteiger partial charge is 0.395 e. The van der Waals surface area contributed by atoms with Gasteiger partial charge in [-0.3, -0.25) is 4.90 Å². The zero-order valence-corrected chi connectivity index (χ0v) is 13.0. The molecule has 3 nitrogen and oxygen atoms in total. The van der Waals surface area contributed by atoms with Crippen LogP contribution >= 0.6 is 0 Å². The molecule has 0 bridgehead atoms. The van der Waals surface area contributed by atoms with Gasteiger partial charge in [-0.15, -0.1) is 0 Å². The first kappa shape index (κ1) is 18.0. The number of rotatable bonds is 9. The Morgan fingerprint density at radius 3 is 2.33 bits per heavy atom. The maximum atomic E-state index is 12.7. The van der Waals surface area contributed by atoms with E-state index in [1.807, 2.05) is 37.4 Å². The molecular weight excluding hydrogens is 274 g/mol. The molecule has 1 unspecified atom stereocenters. The molecule has 1 rings (SSSR count). The van der Waals surface area contributed by atoms with Gasteiger partial charge in [0.15, 0.2) is 0 Å². The van der Waals surface area contributed by atoms with E-state index >= 15 is 0 Å². The molecule has 0 aliphatic heterocycles. The van der Waals surface area contributed by atoms with Crippen LogP contribution in [0.5, 0.6) is 0 Å². The van der Waals surface area contributed by atoms with Gasteiger partial charge >= 0.3 is 0 Å². The van der Waals surface area contributed by atoms with Crippen LogP contribution in [0.1, 0.15) is 25.5 Å². The fraction of sp³-hybridized carbons (Fsp3) is 0.625. The van der Waals surface area contributed by atoms with Crippen molar-refractivity contribution >= 4 is 0 Å². The number of benzene rings is 1. The second-order valence-corrected chi connectivity index (χ2v) is 5.97. The summed E-state index contributed by atoms with van der Waals surface area (Å²) in [6, 6.07) is 10.0. The number of aliphatic hydroxyl groups is 1. The summed E-state index contributed by atoms with van der Waals surface area (Å²) in [5.41, 5.74) is 0.881. The highest BCUT2D eigenvalue weighted by Gasteiger charge is 2.32. The average Bonchev–Trinajstić information content (AvgIpc) is 2.39. The van der Waals surface area contributed by atoms with Crippen LogP contribution in [0.15, 0.2) is 30.3 Å². The topological polar surface area (TPSA) is 35.5 Å². The summed E-state index contributed by atoms with van der Waals surface area (Å²) in [5, 5.41) is 12.3. The Hall–Kier alpha value is -1.04. The molecule has 0 fully saturated rings. The highest BCUT2D eigenvalue weighted by Crippen LogP contribution is 2.34. The fourth-order valence-electron chi connectivity index (χ4n) is 2.89. The molecule has 5 heteroatoms. The SMILES string of the molecule is CNC(c1ccccc1)C(C)(C)CN(CCO)CC(F)F. The Bertz CT molecular complexity index is 399. The molecule has 0 aliphatic rings. The van der Waals surface area contributed by atoms with E-state index in [0.717, 1.165) is 5.56 Å². The van der Waals surface area contributed by atoms with Crippen LogP contribution in [0, 0.1) is 5.41 Å². The number of nitrogens with one attached hydrogen (secondary N) is 1. The van der Waals surface area contributed by atoms with Crippen LogP contribution in [0.3, 0.4) is 0 Å². The summed E-state index contributed by atoms with van der Waals surface area (Å²) in [6.45, 7) is 4.43. The second-order valence-electron chi connectivity index (χ2n) is 5.97. The second kappa shape index (κ2) is 8.41. The summed E-state index contributed by atoms with van der Waals surface area (Å²) in [7, 11) is 1.88. The van der Waals surface area contributed by atoms with E-state index in [-0.39, 0.29) is 31.2 Å². The van der Waals surface area contributed by atoms with E-state index in [4.69, 9.17) is 5.11 Å². The van der Waals surface area contributed by atoms with E-state index in [9.17, 15) is 8.78 Å². The molecule has 1 aromatic carbocycles. The van der Waals surface area contributed by atoms with E-state index in [2.05, 4.69) is 19.2 Å². The van der Waals surface area contributed by atoms with Crippen LogP contribution in [-0.2, 0) is 0 Å². The van der Waals surface area contributed by atoms with Crippen molar-refractivity contribution < 1.29 is 13.9 Å². The third-order valence-electron chi connectivity index (χ3n) is 3.65. The van der Waals surface area contributed by atoms with Crippen molar-refractivity contribution in [3.05, 3.63) is 35.9 Å². The van der Waals surface area contributed by atoms with Crippen molar-refractivity contribution in [3.8, 4) is 0 Å². The quantitative estimate of drug-likeness (QED) is 0.735. The van der Waals surface area contributed by atoms with Gasteiger partial charge in [0.1, 0.15) is 0 Å². The van der Waals surface area contributed by atoms with Crippen LogP contribution < -0.4 is 5.32 Å². The van der Waals surface area contributed by atoms with Crippen LogP contribution in [-0.4, -0.2) is 49.7 Å². The highest BCUT2D eigenvalue weighted by atomic mass is 19.3. The molecule has 21 heavy (non-hydrogen) atoms. The minimum atomic E-state index is -2.39. The Kier molecular flexibility index (Phi) is 7.22. The lowest BCUT2D eigenvalue weighted by Crippen LogP contribution is -2.44. The van der Waals surface area contributed by atoms with Crippen LogP contribution in [0.25, 0.3) is 0 Å². The number of hydrogen-bond donors (Lipinski definition) is 2. The molecule has 0 spiro atoms. The number of nitrogens with zero attached hydrogens (tertiary/aromatic N) is 1. The summed E-state index contributed by atoms with van der Waals surface area (Å²) >= 11 is 0. The van der Waals surface area contributed by atoms with Gasteiger partial charge in [0, 0.05) is 19.1 Å². The van der Waals surface area contributed by atoms with Gasteiger partial charge in [0.25, 0.3) is 6.43 Å². The first-order chi connectivity index (χ1) is 9.90. The van der Waals surface area contributed by atoms with E-state index < -0.39 is 6.43 Å². The Balaban J connectivity index is 2.85. The molecule has 0 aliphatic carbocycles. The molecule has 0 amide bonds. The van der Waals surface area contributed by atoms with Gasteiger partial charge in [0.2, 0.25) is 0 Å². The molecule has 0 saturated heterocycles. The predicted molar refractivity (Wildman–Crippen MR) is 81.6 cm³/mol. The third-order valence-corrected chi connectivity index (χ3v) is 3.65. The Morgan fingerprint density at radius 1 is 1.24 bits per heavy atom. The van der Waals surface area contributed by atoms with Gasteiger partial charge in [-0.25, -0.2) is 8.78 Å². The number of halogens is 2. The summed E-state index contributed by atoms with van der Waals surface area (Å²) in [4.78, 5) is 1.62. The molecule has 1 atom stereocenters. The molecule has 120 valence electrons. The first-order valence-corrected chi connectivity index (χ1v) is 7.24. The fourth-order valence-corrected chi connectivity index (χ4v) is 2.89. The molecule has 2 N–H and O–H groups in total. The Morgan fingerprint density at radius 2 is 1.86 bits per heavy atom. The molecule has 0 aromatic heterocycles. The van der Waals surface area contributed by atoms with Crippen molar-refractivity contribution in [2.75, 3.05) is 33.3 Å². The Labute approximate surface area is 126 Å². The van der Waals surface area contributed by atoms with Crippen LogP contribution in [0.4, 0.5) is 8.78 Å². The van der Waals surface area contributed by atoms with Crippen molar-refractivity contribution in [2.45, 2.75) is 26.3 Å². The maximum absolute atomic E-state index is 12.7. The zero-order chi connectivity index (χ0) is 15.9. The predicted octanol–water partition coefficient (Wildman–Crippen LogP) is 2.53. The normalized spacial score (nSPS) is 13.9. The third kappa shape index (κ3) is 5.69. The van der Waals surface area contributed by atoms with Gasteiger partial charge in [-0.2, -0.15) is 0 Å². The maximum Gasteiger partial charge on any atom is 0.251 e. The molecule has 0 heterocycles. The summed E-state index contributed by atoms with van der Waals surface area (Å²) in [5.74, 6) is 0. The number of hydrogen-bond acceptors (Lipinski definition) is 3. The summed E-state index contributed by atoms with van der Waals surface area (Å²) < 4.78 is 25.3. The van der Waals surface area contributed by atoms with Gasteiger partial charge < -0.3 is 10.4 Å². The van der Waals surface area contributed by atoms with Crippen LogP contribution in [0.2, 0.25) is 0 Å². The molecule has 0 saturated carbocycles. The van der Waals surface area contributed by atoms with Gasteiger partial charge in [-0.05, 0) is 18.0 Å². The average molecular weight is 300 g/mol. The zero-order valence-electron chi connectivity index (χ0n) is 13.0. The van der Waals surface area contributed by atoms with Gasteiger partial charge in [-0.1, -0.05) is 44.2 Å². The first-order valence-electron chi connectivity index (χ1n) is 7.24. The molecule has 1 aromatic rings.